The predicted octanol–water partition coefficient (Wildman–Crippen LogP) is 11.1. The third-order valence-corrected chi connectivity index (χ3v) is 4.33. The van der Waals surface area contributed by atoms with Gasteiger partial charge in [0.1, 0.15) is 0 Å². The van der Waals surface area contributed by atoms with Gasteiger partial charge >= 0.3 is 0 Å². The first kappa shape index (κ1) is 34.0. The van der Waals surface area contributed by atoms with Gasteiger partial charge in [0, 0.05) is 2.85 Å². The molecule has 2 aliphatic rings. The van der Waals surface area contributed by atoms with E-state index in [4.69, 9.17) is 0 Å². The van der Waals surface area contributed by atoms with Crippen molar-refractivity contribution in [3.05, 3.63) is 72.8 Å². The van der Waals surface area contributed by atoms with Gasteiger partial charge in [0.2, 0.25) is 0 Å². The molecule has 0 atom stereocenters. The molecule has 0 heterocycles. The molecule has 168 valence electrons. The number of benzene rings is 2. The average Bonchev–Trinajstić information content (AvgIpc) is 2.75. The lowest BCUT2D eigenvalue weighted by Crippen LogP contribution is -1.85. The van der Waals surface area contributed by atoms with Crippen molar-refractivity contribution in [3.8, 4) is 0 Å². The molecule has 0 nitrogen and oxygen atoms in total. The fourth-order valence-corrected chi connectivity index (χ4v) is 2.89. The minimum atomic E-state index is 0. The summed E-state index contributed by atoms with van der Waals surface area (Å²) >= 11 is 0. The van der Waals surface area contributed by atoms with Crippen molar-refractivity contribution < 1.29 is 2.85 Å². The summed E-state index contributed by atoms with van der Waals surface area (Å²) in [5, 5.41) is 0. The van der Waals surface area contributed by atoms with Gasteiger partial charge in [0.25, 0.3) is 0 Å². The van der Waals surface area contributed by atoms with E-state index in [9.17, 15) is 0 Å². The van der Waals surface area contributed by atoms with Crippen molar-refractivity contribution in [1.29, 1.82) is 0 Å². The van der Waals surface area contributed by atoms with Gasteiger partial charge in [-0.05, 0) is 0 Å². The van der Waals surface area contributed by atoms with Crippen LogP contribution in [-0.2, 0) is 0 Å². The number of hydrogen-bond acceptors (Lipinski definition) is 0. The zero-order valence-corrected chi connectivity index (χ0v) is 15.4. The fourth-order valence-electron chi connectivity index (χ4n) is 2.89. The maximum Gasteiger partial charge on any atom is 0 e. The Bertz CT molecular complexity index is 303. The molecule has 0 N–H and O–H groups in total. The Balaban J connectivity index is -0.0000000600. The third kappa shape index (κ3) is 26.7. The molecule has 4 rings (SSSR count). The van der Waals surface area contributed by atoms with Crippen LogP contribution in [0.4, 0.5) is 0 Å². The molecule has 0 aliphatic heterocycles. The Labute approximate surface area is 182 Å². The van der Waals surface area contributed by atoms with E-state index in [2.05, 4.69) is 0 Å². The van der Waals surface area contributed by atoms with Crippen molar-refractivity contribution >= 4 is 0 Å². The zero-order chi connectivity index (χ0) is 17.0. The minimum absolute atomic E-state index is 0. The first-order valence-corrected chi connectivity index (χ1v) is 10.00. The van der Waals surface area contributed by atoms with Crippen LogP contribution in [0.5, 0.6) is 0 Å². The van der Waals surface area contributed by atoms with Gasteiger partial charge in [-0.15, -0.1) is 0 Å². The second-order valence-corrected chi connectivity index (χ2v) is 6.55. The molecule has 28 heavy (non-hydrogen) atoms. The molecular weight excluding hydrogens is 336 g/mol. The van der Waals surface area contributed by atoms with Crippen LogP contribution in [0.3, 0.4) is 0 Å². The van der Waals surface area contributed by atoms with Gasteiger partial charge in [0.05, 0.1) is 0 Å². The first-order chi connectivity index (χ1) is 12.0. The summed E-state index contributed by atoms with van der Waals surface area (Å²) in [5.74, 6) is 0. The molecule has 0 heteroatoms. The maximum atomic E-state index is 2.00. The second-order valence-electron chi connectivity index (χ2n) is 6.55. The van der Waals surface area contributed by atoms with E-state index in [1.165, 1.54) is 77.0 Å². The molecule has 0 aromatic heterocycles. The maximum absolute atomic E-state index is 2.00. The first-order valence-electron chi connectivity index (χ1n) is 10.00. The van der Waals surface area contributed by atoms with E-state index in [1.807, 2.05) is 72.8 Å². The Morgan fingerprint density at radius 1 is 0.214 bits per heavy atom. The molecule has 2 fully saturated rings. The summed E-state index contributed by atoms with van der Waals surface area (Å²) in [4.78, 5) is 0. The predicted molar refractivity (Wildman–Crippen MR) is 139 cm³/mol. The van der Waals surface area contributed by atoms with Crippen LogP contribution in [0, 0.1) is 0 Å². The van der Waals surface area contributed by atoms with Crippen LogP contribution in [0.15, 0.2) is 72.8 Å². The molecule has 2 aromatic carbocycles. The average molecular weight is 393 g/mol. The monoisotopic (exact) mass is 392 g/mol. The fraction of sp³-hybridized carbons (Fsp3) is 0.571. The third-order valence-electron chi connectivity index (χ3n) is 4.33. The van der Waals surface area contributed by atoms with Crippen molar-refractivity contribution in [2.75, 3.05) is 0 Å². The highest BCUT2D eigenvalue weighted by Gasteiger charge is 1.96. The van der Waals surface area contributed by atoms with Crippen molar-refractivity contribution in [1.82, 2.24) is 0 Å². The summed E-state index contributed by atoms with van der Waals surface area (Å²) in [6.45, 7) is 0. The second kappa shape index (κ2) is 30.2. The standard InChI is InChI=1S/2C6H12.2C6H6.4CH4.2H2/c4*1-2-4-6-5-3-1;;;;;;/h2*1-6H2;2*1-6H;4*1H4;2*1H. The van der Waals surface area contributed by atoms with E-state index in [-0.39, 0.29) is 32.6 Å². The van der Waals surface area contributed by atoms with Gasteiger partial charge in [-0.1, -0.05) is 180 Å². The zero-order valence-electron chi connectivity index (χ0n) is 15.4. The molecule has 2 saturated carbocycles. The topological polar surface area (TPSA) is 0 Å². The van der Waals surface area contributed by atoms with Gasteiger partial charge in [0.15, 0.2) is 0 Å². The van der Waals surface area contributed by atoms with Crippen molar-refractivity contribution in [2.45, 2.75) is 107 Å². The summed E-state index contributed by atoms with van der Waals surface area (Å²) in [5.41, 5.74) is 0. The summed E-state index contributed by atoms with van der Waals surface area (Å²) in [6, 6.07) is 24.0. The molecule has 2 aliphatic carbocycles. The lowest BCUT2D eigenvalue weighted by Gasteiger charge is -2.05. The van der Waals surface area contributed by atoms with E-state index in [0.717, 1.165) is 0 Å². The highest BCUT2D eigenvalue weighted by Crippen LogP contribution is 2.15. The molecular formula is C28H56. The summed E-state index contributed by atoms with van der Waals surface area (Å²) in [6.07, 6.45) is 18.0. The number of hydrogen-bond donors (Lipinski definition) is 0. The Morgan fingerprint density at radius 2 is 0.286 bits per heavy atom. The molecule has 0 amide bonds. The van der Waals surface area contributed by atoms with Crippen LogP contribution in [0.25, 0.3) is 0 Å². The van der Waals surface area contributed by atoms with E-state index < -0.39 is 0 Å². The van der Waals surface area contributed by atoms with Gasteiger partial charge < -0.3 is 0 Å². The molecule has 0 bridgehead atoms. The van der Waals surface area contributed by atoms with Crippen LogP contribution in [0.1, 0.15) is 110 Å². The lowest BCUT2D eigenvalue weighted by atomic mass is 10.0. The minimum Gasteiger partial charge on any atom is -0.0776 e. The van der Waals surface area contributed by atoms with E-state index in [0.29, 0.717) is 0 Å². The lowest BCUT2D eigenvalue weighted by molar-refractivity contribution is 0.504. The van der Waals surface area contributed by atoms with Crippen molar-refractivity contribution in [2.24, 2.45) is 0 Å². The molecule has 0 saturated heterocycles. The molecule has 0 radical (unpaired) electrons. The highest BCUT2D eigenvalue weighted by molar-refractivity contribution is 4.99. The normalized spacial score (nSPS) is 13.7. The quantitative estimate of drug-likeness (QED) is 0.418. The number of rotatable bonds is 0. The SMILES string of the molecule is C.C.C.C.C1CCCCC1.C1CCCCC1.[HH].[HH].c1ccccc1.c1ccccc1. The van der Waals surface area contributed by atoms with Crippen LogP contribution < -0.4 is 0 Å². The highest BCUT2D eigenvalue weighted by atomic mass is 14.0. The van der Waals surface area contributed by atoms with E-state index >= 15 is 0 Å². The summed E-state index contributed by atoms with van der Waals surface area (Å²) < 4.78 is 0. The van der Waals surface area contributed by atoms with Crippen LogP contribution in [-0.4, -0.2) is 0 Å². The molecule has 0 spiro atoms. The van der Waals surface area contributed by atoms with E-state index in [1.54, 1.807) is 0 Å². The van der Waals surface area contributed by atoms with Gasteiger partial charge in [-0.3, -0.25) is 0 Å². The summed E-state index contributed by atoms with van der Waals surface area (Å²) in [7, 11) is 0. The van der Waals surface area contributed by atoms with Gasteiger partial charge in [-0.2, -0.15) is 0 Å². The van der Waals surface area contributed by atoms with Crippen molar-refractivity contribution in [3.63, 3.8) is 0 Å². The van der Waals surface area contributed by atoms with Crippen LogP contribution in [0.2, 0.25) is 0 Å². The Hall–Kier alpha value is -1.56. The van der Waals surface area contributed by atoms with Gasteiger partial charge in [-0.25, -0.2) is 0 Å². The molecule has 2 aromatic rings. The Kier molecular flexibility index (Phi) is 36.6. The smallest absolute Gasteiger partial charge is 0 e. The largest absolute Gasteiger partial charge is 0.0776 e. The molecule has 0 unspecified atom stereocenters. The Morgan fingerprint density at radius 3 is 0.357 bits per heavy atom. The van der Waals surface area contributed by atoms with Crippen LogP contribution >= 0.6 is 0 Å².